The molecule has 0 saturated carbocycles. The molecule has 0 radical (unpaired) electrons. The van der Waals surface area contributed by atoms with Crippen molar-refractivity contribution in [2.75, 3.05) is 0 Å². The predicted molar refractivity (Wildman–Crippen MR) is 92.8 cm³/mol. The Morgan fingerprint density at radius 3 is 2.43 bits per heavy atom. The van der Waals surface area contributed by atoms with E-state index in [2.05, 4.69) is 10.1 Å². The van der Waals surface area contributed by atoms with Gasteiger partial charge in [-0.25, -0.2) is 4.79 Å². The van der Waals surface area contributed by atoms with Crippen LogP contribution in [0.1, 0.15) is 19.4 Å². The molecule has 1 unspecified atom stereocenters. The Balaban J connectivity index is 2.00. The van der Waals surface area contributed by atoms with Crippen molar-refractivity contribution >= 4 is 29.1 Å². The maximum Gasteiger partial charge on any atom is 0.441 e. The first-order valence-corrected chi connectivity index (χ1v) is 8.32. The van der Waals surface area contributed by atoms with Crippen LogP contribution in [0.25, 0.3) is 5.53 Å². The molecule has 1 amide bonds. The van der Waals surface area contributed by atoms with Crippen molar-refractivity contribution in [3.8, 4) is 0 Å². The third-order valence-corrected chi connectivity index (χ3v) is 4.51. The first-order chi connectivity index (χ1) is 13.2. The number of Topliss-reactive ketones (excluding diaryl/α,β-unsaturated/α-hetero) is 1. The van der Waals surface area contributed by atoms with Gasteiger partial charge < -0.3 is 20.7 Å². The van der Waals surface area contributed by atoms with Gasteiger partial charge in [0.25, 0.3) is 11.5 Å². The monoisotopic (exact) mass is 390 g/mol. The van der Waals surface area contributed by atoms with Crippen LogP contribution in [0.3, 0.4) is 0 Å². The molecule has 1 aromatic rings. The largest absolute Gasteiger partial charge is 0.452 e. The Labute approximate surface area is 159 Å². The summed E-state index contributed by atoms with van der Waals surface area (Å²) in [7, 11) is 0. The summed E-state index contributed by atoms with van der Waals surface area (Å²) in [6.45, 7) is 2.54. The zero-order valence-electron chi connectivity index (χ0n) is 15.1. The molecule has 1 aromatic carbocycles. The number of nitro groups is 1. The number of ketones is 1. The third kappa shape index (κ3) is 4.27. The number of amides is 1. The van der Waals surface area contributed by atoms with Gasteiger partial charge in [0.2, 0.25) is 5.91 Å². The van der Waals surface area contributed by atoms with Crippen LogP contribution in [0.2, 0.25) is 0 Å². The molecule has 1 heterocycles. The number of nitrogens with zero attached hydrogens (tertiary/aromatic N) is 3. The maximum atomic E-state index is 12.5. The zero-order valence-corrected chi connectivity index (χ0v) is 15.1. The van der Waals surface area contributed by atoms with Crippen molar-refractivity contribution in [3.63, 3.8) is 0 Å². The van der Waals surface area contributed by atoms with Crippen molar-refractivity contribution in [1.82, 2.24) is 5.32 Å². The number of β-lactam (4-membered cyclic amide) rings is 1. The number of nitro benzene ring substituents is 1. The zero-order chi connectivity index (χ0) is 21.0. The fraction of sp³-hybridized carbons (Fsp3) is 0.412. The molecule has 0 aliphatic carbocycles. The Morgan fingerprint density at radius 2 is 1.96 bits per heavy atom. The molecule has 1 saturated heterocycles. The van der Waals surface area contributed by atoms with E-state index in [0.717, 1.165) is 0 Å². The van der Waals surface area contributed by atoms with E-state index >= 15 is 0 Å². The van der Waals surface area contributed by atoms with Crippen LogP contribution in [0.5, 0.6) is 0 Å². The van der Waals surface area contributed by atoms with E-state index in [1.165, 1.54) is 38.1 Å². The number of carbonyl (C=O) groups is 3. The lowest BCUT2D eigenvalue weighted by Crippen LogP contribution is -2.66. The molecule has 28 heavy (non-hydrogen) atoms. The molecule has 11 nitrogen and oxygen atoms in total. The molecule has 148 valence electrons. The molecule has 4 atom stereocenters. The molecule has 2 rings (SSSR count). The minimum absolute atomic E-state index is 0.132. The lowest BCUT2D eigenvalue weighted by Gasteiger charge is -2.40. The highest BCUT2D eigenvalue weighted by molar-refractivity contribution is 6.62. The van der Waals surface area contributed by atoms with Crippen molar-refractivity contribution in [2.24, 2.45) is 11.8 Å². The minimum atomic E-state index is -1.18. The van der Waals surface area contributed by atoms with Crippen LogP contribution >= 0.6 is 0 Å². The highest BCUT2D eigenvalue weighted by Gasteiger charge is 2.50. The van der Waals surface area contributed by atoms with Crippen LogP contribution in [-0.2, 0) is 25.7 Å². The van der Waals surface area contributed by atoms with Crippen molar-refractivity contribution < 1.29 is 33.9 Å². The molecule has 0 aromatic heterocycles. The summed E-state index contributed by atoms with van der Waals surface area (Å²) in [6, 6.07) is 4.50. The highest BCUT2D eigenvalue weighted by Crippen LogP contribution is 2.26. The number of non-ortho nitro benzene ring substituents is 1. The van der Waals surface area contributed by atoms with Gasteiger partial charge in [0.1, 0.15) is 6.61 Å². The highest BCUT2D eigenvalue weighted by atomic mass is 16.6. The summed E-state index contributed by atoms with van der Waals surface area (Å²) in [6.07, 6.45) is -0.988. The summed E-state index contributed by atoms with van der Waals surface area (Å²) in [5.41, 5.74) is 8.51. The molecular weight excluding hydrogens is 372 g/mol. The second-order valence-corrected chi connectivity index (χ2v) is 6.40. The summed E-state index contributed by atoms with van der Waals surface area (Å²) in [4.78, 5) is 48.8. The van der Waals surface area contributed by atoms with Gasteiger partial charge in [0.05, 0.1) is 23.0 Å². The number of benzene rings is 1. The van der Waals surface area contributed by atoms with Gasteiger partial charge in [-0.3, -0.25) is 19.7 Å². The number of hydrogen-bond acceptors (Lipinski definition) is 7. The van der Waals surface area contributed by atoms with E-state index in [4.69, 9.17) is 10.3 Å². The fourth-order valence-electron chi connectivity index (χ4n) is 2.87. The Hall–Kier alpha value is -3.43. The first kappa shape index (κ1) is 20.9. The van der Waals surface area contributed by atoms with Crippen molar-refractivity contribution in [2.45, 2.75) is 32.6 Å². The topological polar surface area (TPSA) is 172 Å². The molecule has 0 bridgehead atoms. The molecule has 1 aliphatic rings. The minimum Gasteiger partial charge on any atom is -0.452 e. The van der Waals surface area contributed by atoms with Gasteiger partial charge in [-0.1, -0.05) is 6.92 Å². The number of ether oxygens (including phenoxy) is 1. The van der Waals surface area contributed by atoms with E-state index < -0.39 is 52.3 Å². The summed E-state index contributed by atoms with van der Waals surface area (Å²) in [5.74, 6) is -4.20. The normalized spacial score (nSPS) is 20.0. The maximum absolute atomic E-state index is 12.5. The number of aliphatic hydroxyl groups excluding tert-OH is 1. The number of nitrogens with one attached hydrogen (secondary N) is 1. The Bertz CT molecular complexity index is 859. The van der Waals surface area contributed by atoms with Gasteiger partial charge >= 0.3 is 11.7 Å². The second-order valence-electron chi connectivity index (χ2n) is 6.40. The van der Waals surface area contributed by atoms with Gasteiger partial charge in [-0.2, -0.15) is 4.79 Å². The molecule has 2 N–H and O–H groups in total. The number of esters is 1. The summed E-state index contributed by atoms with van der Waals surface area (Å²) in [5, 5.41) is 22.7. The lowest BCUT2D eigenvalue weighted by molar-refractivity contribution is -0.384. The van der Waals surface area contributed by atoms with E-state index in [-0.39, 0.29) is 12.3 Å². The third-order valence-electron chi connectivity index (χ3n) is 4.51. The molecule has 0 spiro atoms. The van der Waals surface area contributed by atoms with E-state index in [1.807, 2.05) is 0 Å². The van der Waals surface area contributed by atoms with Crippen molar-refractivity contribution in [1.29, 1.82) is 0 Å². The van der Waals surface area contributed by atoms with E-state index in [0.29, 0.717) is 5.56 Å². The fourth-order valence-corrected chi connectivity index (χ4v) is 2.87. The van der Waals surface area contributed by atoms with Crippen LogP contribution in [0.15, 0.2) is 24.3 Å². The Kier molecular flexibility index (Phi) is 6.34. The van der Waals surface area contributed by atoms with Crippen molar-refractivity contribution in [3.05, 3.63) is 45.5 Å². The average Bonchev–Trinajstić information content (AvgIpc) is 2.63. The standard InChI is InChI=1S/C17H18N4O7/c1-8(13-12(9(2)22)16(24)19-13)15(23)14(20-18)17(25)28-7-10-3-5-11(6-4-10)21(26)27/h3-6,8-9,12-13,22H,7H2,1-2H3,(H,19,24)/t8-,9-,12-,13?/m1/s1. The number of rotatable bonds is 8. The van der Waals surface area contributed by atoms with Gasteiger partial charge in [-0.05, 0) is 24.6 Å². The second kappa shape index (κ2) is 8.51. The predicted octanol–water partition coefficient (Wildman–Crippen LogP) is 0.00940. The SMILES string of the molecule is C[C@@H](C(=O)C(=[N+]=[N-])C(=O)OCc1ccc([N+](=O)[O-])cc1)C1NC(=O)[C@@H]1[C@@H](C)O. The molecule has 1 aliphatic heterocycles. The summed E-state index contributed by atoms with van der Waals surface area (Å²) >= 11 is 0. The van der Waals surface area contributed by atoms with Gasteiger partial charge in [0, 0.05) is 18.1 Å². The number of aliphatic hydroxyl groups is 1. The van der Waals surface area contributed by atoms with Gasteiger partial charge in [0.15, 0.2) is 0 Å². The molecular formula is C17H18N4O7. The summed E-state index contributed by atoms with van der Waals surface area (Å²) < 4.78 is 4.92. The van der Waals surface area contributed by atoms with Crippen LogP contribution in [-0.4, -0.2) is 50.3 Å². The number of carbonyl (C=O) groups excluding carboxylic acids is 3. The van der Waals surface area contributed by atoms with E-state index in [9.17, 15) is 29.6 Å². The van der Waals surface area contributed by atoms with Gasteiger partial charge in [-0.15, -0.1) is 0 Å². The first-order valence-electron chi connectivity index (χ1n) is 8.32. The van der Waals surface area contributed by atoms with Crippen LogP contribution in [0.4, 0.5) is 5.69 Å². The number of hydrogen-bond donors (Lipinski definition) is 2. The smallest absolute Gasteiger partial charge is 0.441 e. The Morgan fingerprint density at radius 1 is 1.36 bits per heavy atom. The molecule has 11 heteroatoms. The van der Waals surface area contributed by atoms with Crippen LogP contribution in [0, 0.1) is 22.0 Å². The lowest BCUT2D eigenvalue weighted by atomic mass is 9.76. The van der Waals surface area contributed by atoms with E-state index in [1.54, 1.807) is 0 Å². The molecule has 1 fully saturated rings. The van der Waals surface area contributed by atoms with Crippen LogP contribution < -0.4 is 5.32 Å². The average molecular weight is 390 g/mol. The quantitative estimate of drug-likeness (QED) is 0.0919.